The predicted molar refractivity (Wildman–Crippen MR) is 209 cm³/mol. The Labute approximate surface area is 295 Å². The highest BCUT2D eigenvalue weighted by atomic mass is 32.1. The van der Waals surface area contributed by atoms with Crippen LogP contribution in [0.2, 0.25) is 0 Å². The van der Waals surface area contributed by atoms with Gasteiger partial charge in [0.05, 0.1) is 19.5 Å². The first kappa shape index (κ1) is 26.5. The van der Waals surface area contributed by atoms with Crippen LogP contribution in [0, 0.1) is 0 Å². The number of para-hydroxylation sites is 2. The van der Waals surface area contributed by atoms with Crippen molar-refractivity contribution in [2.24, 2.45) is 0 Å². The van der Waals surface area contributed by atoms with Crippen LogP contribution in [0.3, 0.4) is 0 Å². The summed E-state index contributed by atoms with van der Waals surface area (Å²) in [6.07, 6.45) is 0. The summed E-state index contributed by atoms with van der Waals surface area (Å²) in [5.74, 6) is 1.80. The van der Waals surface area contributed by atoms with Crippen molar-refractivity contribution in [1.29, 1.82) is 0 Å². The first-order chi connectivity index (χ1) is 25.6. The van der Waals surface area contributed by atoms with Gasteiger partial charge in [-0.2, -0.15) is 0 Å². The van der Waals surface area contributed by atoms with Crippen LogP contribution < -0.4 is 0 Å². The molecule has 50 heavy (non-hydrogen) atoms. The standard InChI is InChI=1S/C45H28N4S/c1-3-14-29(15-4-1)43-46-44(30-16-5-2-6-17-30)48-45(47-43)31-26-27-40(49-38-23-10-7-18-32(38)33-19-8-11-24-39(33)49)37(28-31)36-22-13-21-35-34-20-9-12-25-41(34)50-42(35)36/h1-28H/i9D,25D. The van der Waals surface area contributed by atoms with Crippen LogP contribution in [0.4, 0.5) is 0 Å². The number of thiophene rings is 1. The lowest BCUT2D eigenvalue weighted by Crippen LogP contribution is -2.02. The summed E-state index contributed by atoms with van der Waals surface area (Å²) >= 11 is 1.61. The fraction of sp³-hybridized carbons (Fsp3) is 0. The molecular weight excluding hydrogens is 629 g/mol. The molecule has 0 atom stereocenters. The summed E-state index contributed by atoms with van der Waals surface area (Å²) in [5.41, 5.74) is 8.02. The van der Waals surface area contributed by atoms with E-state index in [9.17, 15) is 0 Å². The fourth-order valence-electron chi connectivity index (χ4n) is 7.04. The lowest BCUT2D eigenvalue weighted by Gasteiger charge is -2.17. The molecule has 7 aromatic carbocycles. The smallest absolute Gasteiger partial charge is 0.164 e. The topological polar surface area (TPSA) is 43.6 Å². The number of hydrogen-bond donors (Lipinski definition) is 0. The van der Waals surface area contributed by atoms with Crippen molar-refractivity contribution < 1.29 is 2.74 Å². The Morgan fingerprint density at radius 1 is 0.460 bits per heavy atom. The summed E-state index contributed by atoms with van der Waals surface area (Å²) in [4.78, 5) is 15.1. The number of hydrogen-bond acceptors (Lipinski definition) is 4. The summed E-state index contributed by atoms with van der Waals surface area (Å²) in [6.45, 7) is 0. The molecule has 0 aliphatic rings. The van der Waals surface area contributed by atoms with Crippen LogP contribution in [-0.2, 0) is 0 Å². The SMILES string of the molecule is [2H]c1cc([2H])c2sc3c(-c4cc(-c5nc(-c6ccccc6)nc(-c6ccccc6)n5)ccc4-n4c5ccccc5c5ccccc54)cccc3c2c1. The number of aromatic nitrogens is 4. The maximum Gasteiger partial charge on any atom is 0.164 e. The Balaban J connectivity index is 1.29. The third-order valence-corrected chi connectivity index (χ3v) is 10.5. The largest absolute Gasteiger partial charge is 0.309 e. The summed E-state index contributed by atoms with van der Waals surface area (Å²) in [5, 5.41) is 4.35. The van der Waals surface area contributed by atoms with E-state index >= 15 is 0 Å². The summed E-state index contributed by atoms with van der Waals surface area (Å²) in [7, 11) is 0. The summed E-state index contributed by atoms with van der Waals surface area (Å²) in [6, 6.07) is 54.2. The second-order valence-electron chi connectivity index (χ2n) is 12.3. The van der Waals surface area contributed by atoms with Crippen molar-refractivity contribution in [3.05, 3.63) is 170 Å². The van der Waals surface area contributed by atoms with Gasteiger partial charge in [0, 0.05) is 58.8 Å². The highest BCUT2D eigenvalue weighted by molar-refractivity contribution is 7.26. The molecule has 10 rings (SSSR count). The van der Waals surface area contributed by atoms with Crippen molar-refractivity contribution >= 4 is 53.3 Å². The molecule has 3 aromatic heterocycles. The minimum Gasteiger partial charge on any atom is -0.309 e. The first-order valence-corrected chi connectivity index (χ1v) is 17.4. The van der Waals surface area contributed by atoms with Crippen molar-refractivity contribution in [2.45, 2.75) is 0 Å². The van der Waals surface area contributed by atoms with E-state index in [2.05, 4.69) is 89.5 Å². The third-order valence-electron chi connectivity index (χ3n) is 9.33. The molecular formula is C45H28N4S. The van der Waals surface area contributed by atoms with Gasteiger partial charge in [-0.1, -0.05) is 133 Å². The molecule has 0 fully saturated rings. The highest BCUT2D eigenvalue weighted by Crippen LogP contribution is 2.44. The Kier molecular flexibility index (Phi) is 6.16. The maximum absolute atomic E-state index is 8.74. The van der Waals surface area contributed by atoms with Crippen molar-refractivity contribution in [3.63, 3.8) is 0 Å². The number of fused-ring (bicyclic) bond motifs is 6. The predicted octanol–water partition coefficient (Wildman–Crippen LogP) is 12.0. The average molecular weight is 659 g/mol. The van der Waals surface area contributed by atoms with Crippen molar-refractivity contribution in [1.82, 2.24) is 19.5 Å². The van der Waals surface area contributed by atoms with E-state index in [1.165, 1.54) is 10.8 Å². The Morgan fingerprint density at radius 2 is 1.04 bits per heavy atom. The average Bonchev–Trinajstić information content (AvgIpc) is 3.74. The van der Waals surface area contributed by atoms with Crippen LogP contribution in [0.1, 0.15) is 2.74 Å². The molecule has 0 bridgehead atoms. The van der Waals surface area contributed by atoms with E-state index in [1.54, 1.807) is 17.4 Å². The number of rotatable bonds is 5. The molecule has 5 heteroatoms. The molecule has 4 nitrogen and oxygen atoms in total. The second kappa shape index (κ2) is 11.6. The lowest BCUT2D eigenvalue weighted by atomic mass is 9.98. The molecule has 0 spiro atoms. The molecule has 10 aromatic rings. The van der Waals surface area contributed by atoms with Gasteiger partial charge in [0.15, 0.2) is 17.5 Å². The van der Waals surface area contributed by atoms with E-state index in [4.69, 9.17) is 17.7 Å². The van der Waals surface area contributed by atoms with E-state index in [-0.39, 0.29) is 0 Å². The Hall–Kier alpha value is -6.43. The third kappa shape index (κ3) is 4.63. The van der Waals surface area contributed by atoms with Gasteiger partial charge in [0.25, 0.3) is 0 Å². The molecule has 0 N–H and O–H groups in total. The number of benzene rings is 7. The first-order valence-electron chi connectivity index (χ1n) is 17.5. The van der Waals surface area contributed by atoms with Gasteiger partial charge in [-0.05, 0) is 36.4 Å². The van der Waals surface area contributed by atoms with Crippen LogP contribution in [-0.4, -0.2) is 19.5 Å². The maximum atomic E-state index is 8.74. The van der Waals surface area contributed by atoms with Gasteiger partial charge < -0.3 is 4.57 Å². The van der Waals surface area contributed by atoms with Gasteiger partial charge in [0.2, 0.25) is 0 Å². The zero-order valence-corrected chi connectivity index (χ0v) is 27.5. The van der Waals surface area contributed by atoms with E-state index in [1.807, 2.05) is 66.7 Å². The van der Waals surface area contributed by atoms with E-state index < -0.39 is 0 Å². The van der Waals surface area contributed by atoms with Crippen molar-refractivity contribution in [2.75, 3.05) is 0 Å². The minimum atomic E-state index is 0.342. The zero-order valence-electron chi connectivity index (χ0n) is 28.7. The monoisotopic (exact) mass is 658 g/mol. The van der Waals surface area contributed by atoms with E-state index in [0.29, 0.717) is 29.6 Å². The van der Waals surface area contributed by atoms with Gasteiger partial charge in [-0.3, -0.25) is 0 Å². The molecule has 3 heterocycles. The molecule has 0 saturated carbocycles. The molecule has 0 unspecified atom stereocenters. The molecule has 0 saturated heterocycles. The molecule has 234 valence electrons. The van der Waals surface area contributed by atoms with Crippen LogP contribution in [0.5, 0.6) is 0 Å². The second-order valence-corrected chi connectivity index (χ2v) is 13.3. The highest BCUT2D eigenvalue weighted by Gasteiger charge is 2.20. The molecule has 0 aliphatic carbocycles. The molecule has 0 aliphatic heterocycles. The van der Waals surface area contributed by atoms with Gasteiger partial charge in [0.1, 0.15) is 0 Å². The van der Waals surface area contributed by atoms with Gasteiger partial charge >= 0.3 is 0 Å². The Morgan fingerprint density at radius 3 is 1.70 bits per heavy atom. The lowest BCUT2D eigenvalue weighted by molar-refractivity contribution is 1.07. The summed E-state index contributed by atoms with van der Waals surface area (Å²) < 4.78 is 21.4. The normalized spacial score (nSPS) is 12.2. The van der Waals surface area contributed by atoms with Crippen LogP contribution in [0.15, 0.2) is 170 Å². The molecule has 0 amide bonds. The molecule has 0 radical (unpaired) electrons. The van der Waals surface area contributed by atoms with Crippen LogP contribution >= 0.6 is 11.3 Å². The van der Waals surface area contributed by atoms with E-state index in [0.717, 1.165) is 64.7 Å². The quantitative estimate of drug-likeness (QED) is 0.185. The minimum absolute atomic E-state index is 0.342. The van der Waals surface area contributed by atoms with Crippen molar-refractivity contribution in [3.8, 4) is 51.0 Å². The van der Waals surface area contributed by atoms with Crippen LogP contribution in [0.25, 0.3) is 93.0 Å². The number of nitrogens with zero attached hydrogens (tertiary/aromatic N) is 4. The Bertz CT molecular complexity index is 2880. The van der Waals surface area contributed by atoms with Gasteiger partial charge in [-0.25, -0.2) is 15.0 Å². The zero-order chi connectivity index (χ0) is 34.8. The fourth-order valence-corrected chi connectivity index (χ4v) is 8.22. The van der Waals surface area contributed by atoms with Gasteiger partial charge in [-0.15, -0.1) is 11.3 Å².